The van der Waals surface area contributed by atoms with Crippen LogP contribution in [0.2, 0.25) is 0 Å². The number of nitrogens with zero attached hydrogens (tertiary/aromatic N) is 1. The average Bonchev–Trinajstić information content (AvgIpc) is 3.19. The van der Waals surface area contributed by atoms with Crippen molar-refractivity contribution in [2.24, 2.45) is 11.5 Å². The Kier molecular flexibility index (Phi) is 48.8. The Morgan fingerprint density at radius 1 is 0.475 bits per heavy atom. The van der Waals surface area contributed by atoms with E-state index in [4.69, 9.17) is 21.7 Å². The second kappa shape index (κ2) is 47.0. The topological polar surface area (TPSA) is 201 Å². The maximum atomic E-state index is 13.1. The van der Waals surface area contributed by atoms with Crippen LogP contribution in [-0.2, 0) is 24.0 Å². The number of hydrogen-bond acceptors (Lipinski definition) is 7. The summed E-state index contributed by atoms with van der Waals surface area (Å²) in [7, 11) is 0. The molecule has 0 aliphatic carbocycles. The van der Waals surface area contributed by atoms with Gasteiger partial charge in [-0.25, -0.2) is 4.79 Å². The molecule has 0 unspecified atom stereocenters. The number of unbranched alkanes of at least 4 members (excludes halogenated alkanes) is 23. The molecule has 0 rings (SSSR count). The summed E-state index contributed by atoms with van der Waals surface area (Å²) in [6.45, 7) is 5.08. The van der Waals surface area contributed by atoms with E-state index in [0.29, 0.717) is 25.8 Å². The number of rotatable bonds is 40. The van der Waals surface area contributed by atoms with Crippen LogP contribution in [0.3, 0.4) is 0 Å². The van der Waals surface area contributed by atoms with Crippen molar-refractivity contribution in [3.8, 4) is 0 Å². The molecule has 340 valence electrons. The molecular weight excluding hydrogens is 758 g/mol. The SMILES string of the molecule is CCCCCCCC/C=C\CCCCCCCC(=O)N(C(=O)CCCCCCC/C=C\CCCCCCCC)[C@@H](CCC(=O)O)C(=O)O.NCCCC[C@H](N)C(=O)O.[NaH]. The summed E-state index contributed by atoms with van der Waals surface area (Å²) >= 11 is 0. The Morgan fingerprint density at radius 2 is 0.831 bits per heavy atom. The molecule has 2 atom stereocenters. The zero-order valence-electron chi connectivity index (χ0n) is 37.0. The number of amides is 2. The molecule has 0 heterocycles. The van der Waals surface area contributed by atoms with Gasteiger partial charge in [0.05, 0.1) is 0 Å². The van der Waals surface area contributed by atoms with Gasteiger partial charge in [-0.1, -0.05) is 147 Å². The van der Waals surface area contributed by atoms with Gasteiger partial charge in [-0.2, -0.15) is 0 Å². The molecule has 0 fully saturated rings. The Labute approximate surface area is 381 Å². The van der Waals surface area contributed by atoms with Crippen molar-refractivity contribution in [2.45, 2.75) is 238 Å². The quantitative estimate of drug-likeness (QED) is 0.0224. The van der Waals surface area contributed by atoms with Crippen molar-refractivity contribution < 1.29 is 39.3 Å². The number of imide groups is 1. The summed E-state index contributed by atoms with van der Waals surface area (Å²) in [6, 6.07) is -2.15. The van der Waals surface area contributed by atoms with Crippen LogP contribution in [0.4, 0.5) is 0 Å². The number of hydrogen-bond donors (Lipinski definition) is 5. The normalized spacial score (nSPS) is 12.1. The summed E-state index contributed by atoms with van der Waals surface area (Å²) < 4.78 is 0. The number of carboxylic acid groups (broad SMARTS) is 3. The van der Waals surface area contributed by atoms with Crippen LogP contribution < -0.4 is 11.5 Å². The predicted octanol–water partition coefficient (Wildman–Crippen LogP) is 10.6. The van der Waals surface area contributed by atoms with Crippen molar-refractivity contribution in [1.29, 1.82) is 0 Å². The Morgan fingerprint density at radius 3 is 1.15 bits per heavy atom. The van der Waals surface area contributed by atoms with Gasteiger partial charge >= 0.3 is 47.5 Å². The first-order valence-corrected chi connectivity index (χ1v) is 23.3. The van der Waals surface area contributed by atoms with Crippen LogP contribution in [0.5, 0.6) is 0 Å². The number of aliphatic carboxylic acids is 3. The fourth-order valence-electron chi connectivity index (χ4n) is 6.68. The second-order valence-electron chi connectivity index (χ2n) is 15.8. The van der Waals surface area contributed by atoms with Crippen molar-refractivity contribution in [3.63, 3.8) is 0 Å². The van der Waals surface area contributed by atoms with Gasteiger partial charge in [-0.3, -0.25) is 24.1 Å². The predicted molar refractivity (Wildman–Crippen MR) is 245 cm³/mol. The molecule has 11 nitrogen and oxygen atoms in total. The summed E-state index contributed by atoms with van der Waals surface area (Å²) in [4.78, 5) is 60.5. The Balaban J connectivity index is -0.00000250. The van der Waals surface area contributed by atoms with Crippen molar-refractivity contribution in [2.75, 3.05) is 6.54 Å². The van der Waals surface area contributed by atoms with Gasteiger partial charge in [0, 0.05) is 19.3 Å². The van der Waals surface area contributed by atoms with Gasteiger partial charge in [0.1, 0.15) is 12.1 Å². The van der Waals surface area contributed by atoms with Crippen LogP contribution in [0.1, 0.15) is 226 Å². The molecule has 59 heavy (non-hydrogen) atoms. The molecule has 0 bridgehead atoms. The average molecular weight is 846 g/mol. The van der Waals surface area contributed by atoms with Crippen LogP contribution in [0, 0.1) is 0 Å². The van der Waals surface area contributed by atoms with E-state index in [0.717, 1.165) is 94.8 Å². The third kappa shape index (κ3) is 42.4. The number of carboxylic acids is 3. The Hall–Kier alpha value is -2.05. The first kappa shape index (κ1) is 61.3. The standard InChI is InChI=1S/C41H73NO6.C6H14N2O2.Na.H/c1-3-5-7-9-11-13-15-17-19-21-23-25-27-29-31-33-38(43)42(37(41(47)48)35-36-40(45)46)39(44)34-32-30-28-26-24-22-20-18-16-14-12-10-8-6-4-2;7-4-2-1-3-5(8)6(9)10;;/h17-20,37H,3-16,21-36H2,1-2H3,(H,45,46)(H,47,48);5H,1-4,7-8H2,(H,9,10);;/b19-17-,20-18-;;;/t37-;5-;;/m00../s1. The molecule has 0 spiro atoms. The van der Waals surface area contributed by atoms with Gasteiger partial charge in [0.15, 0.2) is 0 Å². The van der Waals surface area contributed by atoms with E-state index in [1.54, 1.807) is 0 Å². The van der Waals surface area contributed by atoms with Crippen molar-refractivity contribution >= 4 is 59.3 Å². The zero-order valence-corrected chi connectivity index (χ0v) is 37.0. The fraction of sp³-hybridized carbons (Fsp3) is 0.809. The molecule has 0 saturated heterocycles. The van der Waals surface area contributed by atoms with E-state index < -0.39 is 48.2 Å². The number of carbonyl (C=O) groups is 5. The van der Waals surface area contributed by atoms with E-state index in [1.165, 1.54) is 77.0 Å². The summed E-state index contributed by atoms with van der Waals surface area (Å²) in [5, 5.41) is 27.3. The first-order valence-electron chi connectivity index (χ1n) is 23.3. The van der Waals surface area contributed by atoms with Gasteiger partial charge in [0.2, 0.25) is 11.8 Å². The van der Waals surface area contributed by atoms with Gasteiger partial charge in [-0.05, 0) is 90.0 Å². The maximum absolute atomic E-state index is 13.1. The molecular formula is C47H88N3NaO8. The van der Waals surface area contributed by atoms with Gasteiger partial charge in [0.25, 0.3) is 0 Å². The molecule has 0 aliphatic rings. The zero-order chi connectivity index (χ0) is 43.5. The molecule has 0 aliphatic heterocycles. The minimum atomic E-state index is -1.44. The molecule has 2 amide bonds. The molecule has 0 saturated carbocycles. The van der Waals surface area contributed by atoms with Gasteiger partial charge in [-0.15, -0.1) is 0 Å². The molecule has 12 heteroatoms. The second-order valence-corrected chi connectivity index (χ2v) is 15.8. The molecule has 0 aromatic carbocycles. The van der Waals surface area contributed by atoms with E-state index in [-0.39, 0.29) is 48.8 Å². The first-order chi connectivity index (χ1) is 28.0. The molecule has 0 aromatic heterocycles. The molecule has 0 radical (unpaired) electrons. The van der Waals surface area contributed by atoms with Crippen LogP contribution in [0.15, 0.2) is 24.3 Å². The van der Waals surface area contributed by atoms with E-state index in [2.05, 4.69) is 38.2 Å². The summed E-state index contributed by atoms with van der Waals surface area (Å²) in [6.07, 6.45) is 40.3. The third-order valence-electron chi connectivity index (χ3n) is 10.4. The van der Waals surface area contributed by atoms with E-state index >= 15 is 0 Å². The van der Waals surface area contributed by atoms with E-state index in [1.807, 2.05) is 0 Å². The molecule has 0 aromatic rings. The summed E-state index contributed by atoms with van der Waals surface area (Å²) in [5.41, 5.74) is 10.4. The van der Waals surface area contributed by atoms with Crippen molar-refractivity contribution in [3.05, 3.63) is 24.3 Å². The minimum absolute atomic E-state index is 0. The molecule has 7 N–H and O–H groups in total. The Bertz CT molecular complexity index is 1040. The van der Waals surface area contributed by atoms with Crippen molar-refractivity contribution in [1.82, 2.24) is 4.90 Å². The monoisotopic (exact) mass is 846 g/mol. The summed E-state index contributed by atoms with van der Waals surface area (Å²) in [5.74, 6) is -4.40. The number of allylic oxidation sites excluding steroid dienone is 4. The van der Waals surface area contributed by atoms with Crippen LogP contribution >= 0.6 is 0 Å². The fourth-order valence-corrected chi connectivity index (χ4v) is 6.68. The third-order valence-corrected chi connectivity index (χ3v) is 10.4. The van der Waals surface area contributed by atoms with Gasteiger partial charge < -0.3 is 26.8 Å². The van der Waals surface area contributed by atoms with Crippen LogP contribution in [-0.4, -0.2) is 98.1 Å². The number of carbonyl (C=O) groups excluding carboxylic acids is 2. The van der Waals surface area contributed by atoms with E-state index in [9.17, 15) is 29.1 Å². The van der Waals surface area contributed by atoms with Crippen LogP contribution in [0.25, 0.3) is 0 Å². The number of nitrogens with two attached hydrogens (primary N) is 2.